The van der Waals surface area contributed by atoms with E-state index < -0.39 is 0 Å². The first-order valence-corrected chi connectivity index (χ1v) is 8.35. The van der Waals surface area contributed by atoms with E-state index in [-0.39, 0.29) is 11.0 Å². The first-order chi connectivity index (χ1) is 11.6. The third kappa shape index (κ3) is 3.57. The fourth-order valence-corrected chi connectivity index (χ4v) is 3.05. The lowest BCUT2D eigenvalue weighted by atomic mass is 10.1. The summed E-state index contributed by atoms with van der Waals surface area (Å²) in [7, 11) is 1.66. The van der Waals surface area contributed by atoms with Gasteiger partial charge in [0, 0.05) is 5.56 Å². The van der Waals surface area contributed by atoms with Crippen LogP contribution in [0.15, 0.2) is 48.5 Å². The van der Waals surface area contributed by atoms with Crippen molar-refractivity contribution in [2.24, 2.45) is 5.92 Å². The van der Waals surface area contributed by atoms with E-state index in [1.54, 1.807) is 19.2 Å². The molecule has 3 rings (SSSR count). The van der Waals surface area contributed by atoms with Crippen molar-refractivity contribution < 1.29 is 9.53 Å². The zero-order valence-electron chi connectivity index (χ0n) is 13.7. The minimum absolute atomic E-state index is 0.237. The Bertz CT molecular complexity index is 761. The molecule has 0 spiro atoms. The summed E-state index contributed by atoms with van der Waals surface area (Å²) in [6.07, 6.45) is 1.18. The lowest BCUT2D eigenvalue weighted by molar-refractivity contribution is 0.0977. The minimum atomic E-state index is -0.237. The second kappa shape index (κ2) is 7.01. The highest BCUT2D eigenvalue weighted by molar-refractivity contribution is 7.80. The molecule has 124 valence electrons. The van der Waals surface area contributed by atoms with Gasteiger partial charge in [-0.05, 0) is 54.2 Å². The third-order valence-corrected chi connectivity index (χ3v) is 4.47. The van der Waals surface area contributed by atoms with Crippen LogP contribution < -0.4 is 15.4 Å². The van der Waals surface area contributed by atoms with E-state index in [9.17, 15) is 4.79 Å². The van der Waals surface area contributed by atoms with Crippen molar-refractivity contribution in [3.63, 3.8) is 0 Å². The minimum Gasteiger partial charge on any atom is -0.494 e. The molecule has 0 aromatic heterocycles. The summed E-state index contributed by atoms with van der Waals surface area (Å²) in [5, 5.41) is 6.02. The van der Waals surface area contributed by atoms with Crippen LogP contribution in [0.25, 0.3) is 0 Å². The van der Waals surface area contributed by atoms with E-state index >= 15 is 0 Å². The zero-order chi connectivity index (χ0) is 17.1. The van der Waals surface area contributed by atoms with E-state index in [0.717, 1.165) is 11.4 Å². The number of benzene rings is 2. The number of rotatable bonds is 4. The highest BCUT2D eigenvalue weighted by Gasteiger charge is 2.36. The van der Waals surface area contributed by atoms with Crippen molar-refractivity contribution in [1.29, 1.82) is 0 Å². The van der Waals surface area contributed by atoms with Crippen molar-refractivity contribution in [2.75, 3.05) is 12.4 Å². The van der Waals surface area contributed by atoms with Crippen LogP contribution in [0.2, 0.25) is 0 Å². The Morgan fingerprint density at radius 3 is 2.50 bits per heavy atom. The highest BCUT2D eigenvalue weighted by Crippen LogP contribution is 2.51. The smallest absolute Gasteiger partial charge is 0.257 e. The zero-order valence-corrected chi connectivity index (χ0v) is 14.5. The number of carbonyl (C=O) groups is 1. The van der Waals surface area contributed by atoms with Crippen LogP contribution in [-0.2, 0) is 0 Å². The standard InChI is InChI=1S/C19H20N2O2S/c1-12-11-15(12)14-9-6-10-16(17(14)23-2)20-19(24)21-18(22)13-7-4-3-5-8-13/h3-10,12,15H,11H2,1-2H3,(H2,20,21,22,24)/t12?,15-/m0/s1. The summed E-state index contributed by atoms with van der Waals surface area (Å²) < 4.78 is 5.58. The Labute approximate surface area is 147 Å². The number of carbonyl (C=O) groups excluding carboxylic acids is 1. The molecule has 1 aliphatic carbocycles. The topological polar surface area (TPSA) is 50.4 Å². The molecular formula is C19H20N2O2S. The Kier molecular flexibility index (Phi) is 4.81. The molecule has 1 saturated carbocycles. The van der Waals surface area contributed by atoms with E-state index in [2.05, 4.69) is 23.6 Å². The molecule has 0 radical (unpaired) electrons. The van der Waals surface area contributed by atoms with Crippen molar-refractivity contribution in [2.45, 2.75) is 19.3 Å². The van der Waals surface area contributed by atoms with Crippen molar-refractivity contribution in [3.05, 3.63) is 59.7 Å². The van der Waals surface area contributed by atoms with E-state index in [0.29, 0.717) is 17.4 Å². The van der Waals surface area contributed by atoms with Crippen molar-refractivity contribution in [3.8, 4) is 5.75 Å². The molecule has 2 N–H and O–H groups in total. The third-order valence-electron chi connectivity index (χ3n) is 4.27. The number of amides is 1. The fraction of sp³-hybridized carbons (Fsp3) is 0.263. The van der Waals surface area contributed by atoms with Crippen molar-refractivity contribution >= 4 is 28.9 Å². The molecule has 24 heavy (non-hydrogen) atoms. The van der Waals surface area contributed by atoms with Gasteiger partial charge in [-0.25, -0.2) is 0 Å². The lowest BCUT2D eigenvalue weighted by Crippen LogP contribution is -2.34. The van der Waals surface area contributed by atoms with Gasteiger partial charge in [-0.15, -0.1) is 0 Å². The Balaban J connectivity index is 1.71. The SMILES string of the molecule is COc1c(NC(=S)NC(=O)c2ccccc2)cccc1[C@H]1CC1C. The van der Waals surface area contributed by atoms with Gasteiger partial charge in [0.2, 0.25) is 0 Å². The number of ether oxygens (including phenoxy) is 1. The molecule has 0 aliphatic heterocycles. The van der Waals surface area contributed by atoms with Crippen LogP contribution in [0, 0.1) is 5.92 Å². The molecule has 1 aliphatic rings. The van der Waals surface area contributed by atoms with Gasteiger partial charge in [0.25, 0.3) is 5.91 Å². The lowest BCUT2D eigenvalue weighted by Gasteiger charge is -2.16. The normalized spacial score (nSPS) is 18.6. The van der Waals surface area contributed by atoms with Gasteiger partial charge in [0.1, 0.15) is 5.75 Å². The second-order valence-electron chi connectivity index (χ2n) is 6.02. The van der Waals surface area contributed by atoms with Gasteiger partial charge in [-0.3, -0.25) is 10.1 Å². The first-order valence-electron chi connectivity index (χ1n) is 7.94. The van der Waals surface area contributed by atoms with Gasteiger partial charge < -0.3 is 10.1 Å². The summed E-state index contributed by atoms with van der Waals surface area (Å²) in [4.78, 5) is 12.2. The second-order valence-corrected chi connectivity index (χ2v) is 6.43. The number of hydrogen-bond acceptors (Lipinski definition) is 3. The molecule has 5 heteroatoms. The number of nitrogens with one attached hydrogen (secondary N) is 2. The summed E-state index contributed by atoms with van der Waals surface area (Å²) >= 11 is 5.27. The molecule has 1 amide bonds. The summed E-state index contributed by atoms with van der Waals surface area (Å²) in [5.41, 5.74) is 2.52. The summed E-state index contributed by atoms with van der Waals surface area (Å²) in [5.74, 6) is 1.77. The quantitative estimate of drug-likeness (QED) is 0.828. The number of anilines is 1. The largest absolute Gasteiger partial charge is 0.494 e. The molecule has 1 unspecified atom stereocenters. The average molecular weight is 340 g/mol. The maximum atomic E-state index is 12.2. The molecule has 4 nitrogen and oxygen atoms in total. The number of hydrogen-bond donors (Lipinski definition) is 2. The predicted molar refractivity (Wildman–Crippen MR) is 99.6 cm³/mol. The van der Waals surface area contributed by atoms with Gasteiger partial charge in [-0.1, -0.05) is 37.3 Å². The molecule has 0 bridgehead atoms. The molecule has 0 saturated heterocycles. The van der Waals surface area contributed by atoms with Crippen LogP contribution in [0.3, 0.4) is 0 Å². The van der Waals surface area contributed by atoms with Crippen LogP contribution in [0.5, 0.6) is 5.75 Å². The van der Waals surface area contributed by atoms with Crippen LogP contribution in [0.1, 0.15) is 35.2 Å². The Morgan fingerprint density at radius 1 is 1.17 bits per heavy atom. The summed E-state index contributed by atoms with van der Waals surface area (Å²) in [6.45, 7) is 2.23. The predicted octanol–water partition coefficient (Wildman–Crippen LogP) is 3.95. The van der Waals surface area contributed by atoms with E-state index in [1.807, 2.05) is 30.3 Å². The van der Waals surface area contributed by atoms with E-state index in [4.69, 9.17) is 17.0 Å². The Hall–Kier alpha value is -2.40. The summed E-state index contributed by atoms with van der Waals surface area (Å²) in [6, 6.07) is 14.9. The molecule has 1 fully saturated rings. The molecular weight excluding hydrogens is 320 g/mol. The van der Waals surface area contributed by atoms with Gasteiger partial charge in [0.15, 0.2) is 5.11 Å². The Morgan fingerprint density at radius 2 is 1.88 bits per heavy atom. The van der Waals surface area contributed by atoms with Crippen LogP contribution in [0.4, 0.5) is 5.69 Å². The maximum absolute atomic E-state index is 12.2. The monoisotopic (exact) mass is 340 g/mol. The number of methoxy groups -OCH3 is 1. The molecule has 2 aromatic carbocycles. The molecule has 2 aromatic rings. The fourth-order valence-electron chi connectivity index (χ4n) is 2.85. The highest BCUT2D eigenvalue weighted by atomic mass is 32.1. The van der Waals surface area contributed by atoms with E-state index in [1.165, 1.54) is 12.0 Å². The number of thiocarbonyl (C=S) groups is 1. The van der Waals surface area contributed by atoms with Gasteiger partial charge >= 0.3 is 0 Å². The van der Waals surface area contributed by atoms with Crippen LogP contribution in [-0.4, -0.2) is 18.1 Å². The first kappa shape index (κ1) is 16.5. The number of para-hydroxylation sites is 1. The van der Waals surface area contributed by atoms with Gasteiger partial charge in [-0.2, -0.15) is 0 Å². The molecule has 2 atom stereocenters. The van der Waals surface area contributed by atoms with Crippen molar-refractivity contribution in [1.82, 2.24) is 5.32 Å². The van der Waals surface area contributed by atoms with Crippen LogP contribution >= 0.6 is 12.2 Å². The molecule has 0 heterocycles. The average Bonchev–Trinajstić information content (AvgIpc) is 3.32. The maximum Gasteiger partial charge on any atom is 0.257 e. The van der Waals surface area contributed by atoms with Gasteiger partial charge in [0.05, 0.1) is 12.8 Å².